The summed E-state index contributed by atoms with van der Waals surface area (Å²) in [7, 11) is 0. The first-order valence-electron chi connectivity index (χ1n) is 6.37. The monoisotopic (exact) mass is 276 g/mol. The number of aromatic hydroxyl groups is 1. The predicted molar refractivity (Wildman–Crippen MR) is 81.4 cm³/mol. The molecule has 1 heterocycles. The summed E-state index contributed by atoms with van der Waals surface area (Å²) in [5, 5.41) is 21.6. The van der Waals surface area contributed by atoms with Gasteiger partial charge in [-0.25, -0.2) is 4.98 Å². The van der Waals surface area contributed by atoms with Gasteiger partial charge in [0.1, 0.15) is 17.4 Å². The summed E-state index contributed by atoms with van der Waals surface area (Å²) in [5.74, 6) is 0.669. The van der Waals surface area contributed by atoms with Crippen LogP contribution < -0.4 is 5.32 Å². The van der Waals surface area contributed by atoms with Crippen LogP contribution in [-0.4, -0.2) is 15.1 Å². The van der Waals surface area contributed by atoms with Crippen LogP contribution in [0.2, 0.25) is 0 Å². The number of aromatic amines is 1. The molecular weight excluding hydrogens is 264 g/mol. The molecule has 0 amide bonds. The van der Waals surface area contributed by atoms with Crippen LogP contribution in [0.4, 0.5) is 5.69 Å². The Morgan fingerprint density at radius 3 is 2.86 bits per heavy atom. The van der Waals surface area contributed by atoms with Crippen molar-refractivity contribution in [2.75, 3.05) is 5.32 Å². The molecule has 3 rings (SSSR count). The highest BCUT2D eigenvalue weighted by molar-refractivity contribution is 5.82. The Kier molecular flexibility index (Phi) is 3.27. The predicted octanol–water partition coefficient (Wildman–Crippen LogP) is 3.25. The highest BCUT2D eigenvalue weighted by Crippen LogP contribution is 2.19. The topological polar surface area (TPSA) is 84.7 Å². The molecule has 3 aromatic rings. The molecule has 1 aromatic heterocycles. The number of nitrogens with zero attached hydrogens (tertiary/aromatic N) is 2. The maximum Gasteiger partial charge on any atom is 0.150 e. The number of nitrogens with one attached hydrogen (secondary N) is 2. The third-order valence-electron chi connectivity index (χ3n) is 2.99. The molecule has 21 heavy (non-hydrogen) atoms. The van der Waals surface area contributed by atoms with Gasteiger partial charge in [0.25, 0.3) is 0 Å². The molecule has 0 atom stereocenters. The Labute approximate surface area is 121 Å². The SMILES string of the molecule is N#CC(=CNc1cccc(O)c1)c1nc2ccccc2[nH]1. The first-order chi connectivity index (χ1) is 10.3. The maximum absolute atomic E-state index is 9.40. The fourth-order valence-electron chi connectivity index (χ4n) is 1.99. The molecular formula is C16H12N4O. The molecule has 0 radical (unpaired) electrons. The van der Waals surface area contributed by atoms with E-state index in [1.54, 1.807) is 30.5 Å². The lowest BCUT2D eigenvalue weighted by Gasteiger charge is -2.01. The van der Waals surface area contributed by atoms with E-state index in [0.717, 1.165) is 11.0 Å². The average Bonchev–Trinajstić information content (AvgIpc) is 2.91. The zero-order valence-electron chi connectivity index (χ0n) is 11.0. The molecule has 0 aliphatic rings. The molecule has 0 saturated carbocycles. The number of imidazole rings is 1. The number of hydrogen-bond acceptors (Lipinski definition) is 4. The average molecular weight is 276 g/mol. The van der Waals surface area contributed by atoms with E-state index in [9.17, 15) is 10.4 Å². The van der Waals surface area contributed by atoms with Crippen LogP contribution in [0.3, 0.4) is 0 Å². The minimum Gasteiger partial charge on any atom is -0.508 e. The van der Waals surface area contributed by atoms with Gasteiger partial charge in [-0.1, -0.05) is 18.2 Å². The van der Waals surface area contributed by atoms with Gasteiger partial charge in [0.05, 0.1) is 11.0 Å². The van der Waals surface area contributed by atoms with Gasteiger partial charge < -0.3 is 15.4 Å². The molecule has 5 nitrogen and oxygen atoms in total. The van der Waals surface area contributed by atoms with Crippen LogP contribution in [0.5, 0.6) is 5.75 Å². The number of rotatable bonds is 3. The summed E-state index contributed by atoms with van der Waals surface area (Å²) in [6, 6.07) is 16.4. The van der Waals surface area contributed by atoms with E-state index in [0.29, 0.717) is 17.1 Å². The van der Waals surface area contributed by atoms with Crippen LogP contribution >= 0.6 is 0 Å². The molecule has 5 heteroatoms. The molecule has 0 spiro atoms. The minimum atomic E-state index is 0.163. The van der Waals surface area contributed by atoms with Gasteiger partial charge in [-0.2, -0.15) is 5.26 Å². The van der Waals surface area contributed by atoms with E-state index in [1.165, 1.54) is 0 Å². The quantitative estimate of drug-likeness (QED) is 0.641. The number of para-hydroxylation sites is 2. The number of anilines is 1. The zero-order valence-corrected chi connectivity index (χ0v) is 11.0. The van der Waals surface area contributed by atoms with Gasteiger partial charge in [-0.05, 0) is 24.3 Å². The smallest absolute Gasteiger partial charge is 0.150 e. The molecule has 0 aliphatic carbocycles. The van der Waals surface area contributed by atoms with Crippen molar-refractivity contribution < 1.29 is 5.11 Å². The van der Waals surface area contributed by atoms with Crippen molar-refractivity contribution in [3.63, 3.8) is 0 Å². The number of benzene rings is 2. The Bertz CT molecular complexity index is 825. The Hall–Kier alpha value is -3.26. The van der Waals surface area contributed by atoms with Crippen molar-refractivity contribution in [1.29, 1.82) is 5.26 Å². The number of fused-ring (bicyclic) bond motifs is 1. The van der Waals surface area contributed by atoms with Crippen molar-refractivity contribution in [2.24, 2.45) is 0 Å². The molecule has 0 saturated heterocycles. The van der Waals surface area contributed by atoms with Crippen molar-refractivity contribution in [3.05, 3.63) is 60.6 Å². The lowest BCUT2D eigenvalue weighted by Crippen LogP contribution is -1.92. The van der Waals surface area contributed by atoms with Crippen molar-refractivity contribution in [3.8, 4) is 11.8 Å². The largest absolute Gasteiger partial charge is 0.508 e. The van der Waals surface area contributed by atoms with E-state index in [2.05, 4.69) is 21.4 Å². The summed E-state index contributed by atoms with van der Waals surface area (Å²) in [5.41, 5.74) is 2.77. The van der Waals surface area contributed by atoms with Crippen molar-refractivity contribution in [1.82, 2.24) is 9.97 Å². The second-order valence-corrected chi connectivity index (χ2v) is 4.47. The van der Waals surface area contributed by atoms with Crippen LogP contribution in [-0.2, 0) is 0 Å². The highest BCUT2D eigenvalue weighted by atomic mass is 16.3. The second kappa shape index (κ2) is 5.39. The normalized spacial score (nSPS) is 11.3. The van der Waals surface area contributed by atoms with Crippen LogP contribution in [0, 0.1) is 11.3 Å². The molecule has 0 bridgehead atoms. The fourth-order valence-corrected chi connectivity index (χ4v) is 1.99. The number of H-pyrrole nitrogens is 1. The number of hydrogen-bond donors (Lipinski definition) is 3. The third-order valence-corrected chi connectivity index (χ3v) is 2.99. The van der Waals surface area contributed by atoms with Gasteiger partial charge in [0, 0.05) is 18.0 Å². The summed E-state index contributed by atoms with van der Waals surface area (Å²) in [4.78, 5) is 7.48. The fraction of sp³-hybridized carbons (Fsp3) is 0. The van der Waals surface area contributed by atoms with Crippen LogP contribution in [0.1, 0.15) is 5.82 Å². The Balaban J connectivity index is 1.91. The lowest BCUT2D eigenvalue weighted by atomic mass is 10.3. The van der Waals surface area contributed by atoms with Gasteiger partial charge in [-0.3, -0.25) is 0 Å². The van der Waals surface area contributed by atoms with Crippen LogP contribution in [0.15, 0.2) is 54.7 Å². The minimum absolute atomic E-state index is 0.163. The van der Waals surface area contributed by atoms with E-state index in [1.807, 2.05) is 24.3 Å². The first kappa shape index (κ1) is 12.8. The summed E-state index contributed by atoms with van der Waals surface area (Å²) < 4.78 is 0. The van der Waals surface area contributed by atoms with Crippen molar-refractivity contribution in [2.45, 2.75) is 0 Å². The standard InChI is InChI=1S/C16H12N4O/c17-9-11(10-18-12-4-3-5-13(21)8-12)16-19-14-6-1-2-7-15(14)20-16/h1-8,10,18,21H,(H,19,20). The van der Waals surface area contributed by atoms with Gasteiger partial charge in [-0.15, -0.1) is 0 Å². The third kappa shape index (κ3) is 2.69. The van der Waals surface area contributed by atoms with E-state index < -0.39 is 0 Å². The number of phenolic OH excluding ortho intramolecular Hbond substituents is 1. The highest BCUT2D eigenvalue weighted by Gasteiger charge is 2.07. The van der Waals surface area contributed by atoms with Gasteiger partial charge in [0.2, 0.25) is 0 Å². The van der Waals surface area contributed by atoms with E-state index in [-0.39, 0.29) is 5.75 Å². The number of nitriles is 1. The Morgan fingerprint density at radius 2 is 2.10 bits per heavy atom. The van der Waals surface area contributed by atoms with E-state index in [4.69, 9.17) is 0 Å². The lowest BCUT2D eigenvalue weighted by molar-refractivity contribution is 0.475. The van der Waals surface area contributed by atoms with Gasteiger partial charge >= 0.3 is 0 Å². The number of allylic oxidation sites excluding steroid dienone is 1. The van der Waals surface area contributed by atoms with Crippen molar-refractivity contribution >= 4 is 22.3 Å². The van der Waals surface area contributed by atoms with E-state index >= 15 is 0 Å². The summed E-state index contributed by atoms with van der Waals surface area (Å²) in [6.45, 7) is 0. The second-order valence-electron chi connectivity index (χ2n) is 4.47. The summed E-state index contributed by atoms with van der Waals surface area (Å²) >= 11 is 0. The molecule has 2 aromatic carbocycles. The number of aromatic nitrogens is 2. The van der Waals surface area contributed by atoms with Gasteiger partial charge in [0.15, 0.2) is 5.82 Å². The molecule has 102 valence electrons. The molecule has 3 N–H and O–H groups in total. The molecule has 0 unspecified atom stereocenters. The zero-order chi connectivity index (χ0) is 14.7. The first-order valence-corrected chi connectivity index (χ1v) is 6.37. The number of phenols is 1. The molecule has 0 fully saturated rings. The van der Waals surface area contributed by atoms with Crippen LogP contribution in [0.25, 0.3) is 16.6 Å². The Morgan fingerprint density at radius 1 is 1.24 bits per heavy atom. The molecule has 0 aliphatic heterocycles. The maximum atomic E-state index is 9.40. The summed E-state index contributed by atoms with van der Waals surface area (Å²) in [6.07, 6.45) is 1.56.